The van der Waals surface area contributed by atoms with E-state index >= 15 is 0 Å². The van der Waals surface area contributed by atoms with Crippen LogP contribution in [0.15, 0.2) is 41.3 Å². The van der Waals surface area contributed by atoms with Gasteiger partial charge in [0.2, 0.25) is 0 Å². The number of nitrogens with zero attached hydrogens (tertiary/aromatic N) is 1. The molecular formula is C15H10ClF2N3O3. The molecule has 0 spiro atoms. The minimum Gasteiger partial charge on any atom is -0.318 e. The molecule has 1 aromatic carbocycles. The molecule has 0 bridgehead atoms. The highest BCUT2D eigenvalue weighted by atomic mass is 35.5. The number of benzene rings is 1. The van der Waals surface area contributed by atoms with Crippen LogP contribution in [-0.2, 0) is 16.9 Å². The van der Waals surface area contributed by atoms with E-state index in [2.05, 4.69) is 5.32 Å². The molecule has 1 atom stereocenters. The quantitative estimate of drug-likeness (QED) is 0.821. The van der Waals surface area contributed by atoms with E-state index in [0.717, 1.165) is 16.7 Å². The molecule has 24 heavy (non-hydrogen) atoms. The van der Waals surface area contributed by atoms with Crippen molar-refractivity contribution < 1.29 is 18.4 Å². The van der Waals surface area contributed by atoms with Crippen molar-refractivity contribution in [1.29, 1.82) is 0 Å². The summed E-state index contributed by atoms with van der Waals surface area (Å²) in [5, 5.41) is 4.34. The van der Waals surface area contributed by atoms with E-state index in [1.807, 2.05) is 5.32 Å². The zero-order valence-electron chi connectivity index (χ0n) is 12.0. The van der Waals surface area contributed by atoms with Gasteiger partial charge in [0.15, 0.2) is 17.2 Å². The first-order valence-electron chi connectivity index (χ1n) is 6.77. The van der Waals surface area contributed by atoms with Gasteiger partial charge in [0.25, 0.3) is 11.5 Å². The lowest BCUT2D eigenvalue weighted by atomic mass is 9.89. The van der Waals surface area contributed by atoms with Gasteiger partial charge >= 0.3 is 6.03 Å². The number of pyridine rings is 1. The van der Waals surface area contributed by atoms with E-state index in [-0.39, 0.29) is 17.1 Å². The normalized spacial score (nSPS) is 20.0. The number of carbonyl (C=O) groups is 2. The van der Waals surface area contributed by atoms with Crippen LogP contribution in [0.2, 0.25) is 5.02 Å². The van der Waals surface area contributed by atoms with E-state index < -0.39 is 34.7 Å². The number of hydrogen-bond donors (Lipinski definition) is 2. The lowest BCUT2D eigenvalue weighted by molar-refractivity contribution is -0.124. The number of urea groups is 1. The van der Waals surface area contributed by atoms with Gasteiger partial charge in [-0.15, -0.1) is 0 Å². The van der Waals surface area contributed by atoms with E-state index in [1.165, 1.54) is 24.4 Å². The van der Waals surface area contributed by atoms with Gasteiger partial charge in [0, 0.05) is 6.20 Å². The number of carbonyl (C=O) groups excluding carboxylic acids is 2. The summed E-state index contributed by atoms with van der Waals surface area (Å²) in [6.45, 7) is -0.338. The monoisotopic (exact) mass is 353 g/mol. The van der Waals surface area contributed by atoms with E-state index in [0.29, 0.717) is 0 Å². The van der Waals surface area contributed by atoms with Gasteiger partial charge in [0.05, 0.1) is 6.54 Å². The van der Waals surface area contributed by atoms with Crippen molar-refractivity contribution in [2.45, 2.75) is 12.1 Å². The Labute approximate surface area is 139 Å². The van der Waals surface area contributed by atoms with Crippen LogP contribution in [0.4, 0.5) is 13.6 Å². The maximum absolute atomic E-state index is 13.6. The number of nitrogens with one attached hydrogen (secondary N) is 2. The van der Waals surface area contributed by atoms with E-state index in [9.17, 15) is 23.2 Å². The first-order chi connectivity index (χ1) is 11.3. The standard InChI is InChI=1S/C15H10ClF2N3O3/c16-9-2-1-5-21(12(9)22)7-15(13(23)19-14(24)20-15)8-3-4-10(17)11(18)6-8/h1-6H,7H2,(H2,19,20,23,24). The molecule has 9 heteroatoms. The first kappa shape index (κ1) is 16.1. The smallest absolute Gasteiger partial charge is 0.318 e. The summed E-state index contributed by atoms with van der Waals surface area (Å²) in [4.78, 5) is 36.0. The molecule has 1 unspecified atom stereocenters. The summed E-state index contributed by atoms with van der Waals surface area (Å²) in [5.74, 6) is -3.07. The highest BCUT2D eigenvalue weighted by Gasteiger charge is 2.48. The largest absolute Gasteiger partial charge is 0.322 e. The second-order valence-electron chi connectivity index (χ2n) is 5.23. The molecule has 6 nitrogen and oxygen atoms in total. The van der Waals surface area contributed by atoms with Crippen molar-refractivity contribution in [3.63, 3.8) is 0 Å². The topological polar surface area (TPSA) is 80.2 Å². The molecule has 2 heterocycles. The van der Waals surface area contributed by atoms with Crippen molar-refractivity contribution in [2.24, 2.45) is 0 Å². The molecule has 3 amide bonds. The molecular weight excluding hydrogens is 344 g/mol. The SMILES string of the molecule is O=C1NC(=O)C(Cn2cccc(Cl)c2=O)(c2ccc(F)c(F)c2)N1. The van der Waals surface area contributed by atoms with Gasteiger partial charge in [0.1, 0.15) is 5.02 Å². The molecule has 1 aromatic heterocycles. The minimum absolute atomic E-state index is 0.00312. The fourth-order valence-corrected chi connectivity index (χ4v) is 2.73. The van der Waals surface area contributed by atoms with Crippen molar-refractivity contribution in [3.05, 3.63) is 69.1 Å². The molecule has 1 saturated heterocycles. The average Bonchev–Trinajstić information content (AvgIpc) is 2.81. The van der Waals surface area contributed by atoms with Crippen LogP contribution >= 0.6 is 11.6 Å². The molecule has 3 rings (SSSR count). The number of aromatic nitrogens is 1. The van der Waals surface area contributed by atoms with Crippen molar-refractivity contribution in [1.82, 2.24) is 15.2 Å². The molecule has 1 aliphatic rings. The highest BCUT2D eigenvalue weighted by molar-refractivity contribution is 6.30. The minimum atomic E-state index is -1.76. The van der Waals surface area contributed by atoms with Crippen molar-refractivity contribution >= 4 is 23.5 Å². The van der Waals surface area contributed by atoms with Crippen LogP contribution in [0.5, 0.6) is 0 Å². The molecule has 0 saturated carbocycles. The summed E-state index contributed by atoms with van der Waals surface area (Å²) in [6, 6.07) is 4.86. The van der Waals surface area contributed by atoms with Gasteiger partial charge in [-0.05, 0) is 29.8 Å². The van der Waals surface area contributed by atoms with Crippen LogP contribution in [0.1, 0.15) is 5.56 Å². The second-order valence-corrected chi connectivity index (χ2v) is 5.64. The summed E-state index contributed by atoms with van der Waals surface area (Å²) >= 11 is 5.77. The number of halogens is 3. The van der Waals surface area contributed by atoms with Crippen LogP contribution in [0.25, 0.3) is 0 Å². The third-order valence-corrected chi connectivity index (χ3v) is 4.02. The predicted molar refractivity (Wildman–Crippen MR) is 80.4 cm³/mol. The van der Waals surface area contributed by atoms with Crippen LogP contribution in [0, 0.1) is 11.6 Å². The van der Waals surface area contributed by atoms with Gasteiger partial charge in [-0.2, -0.15) is 0 Å². The molecule has 124 valence electrons. The van der Waals surface area contributed by atoms with Crippen LogP contribution < -0.4 is 16.2 Å². The van der Waals surface area contributed by atoms with Gasteiger partial charge in [-0.3, -0.25) is 14.9 Å². The third kappa shape index (κ3) is 2.54. The Morgan fingerprint density at radius 3 is 2.50 bits per heavy atom. The van der Waals surface area contributed by atoms with E-state index in [1.54, 1.807) is 0 Å². The summed E-state index contributed by atoms with van der Waals surface area (Å²) in [5.41, 5.74) is -2.35. The fourth-order valence-electron chi connectivity index (χ4n) is 2.55. The number of hydrogen-bond acceptors (Lipinski definition) is 3. The zero-order valence-corrected chi connectivity index (χ0v) is 12.7. The highest BCUT2D eigenvalue weighted by Crippen LogP contribution is 2.28. The van der Waals surface area contributed by atoms with Crippen LogP contribution in [-0.4, -0.2) is 16.5 Å². The average molecular weight is 354 g/mol. The third-order valence-electron chi connectivity index (χ3n) is 3.74. The molecule has 1 aliphatic heterocycles. The summed E-state index contributed by atoms with van der Waals surface area (Å²) in [7, 11) is 0. The van der Waals surface area contributed by atoms with Crippen molar-refractivity contribution in [2.75, 3.05) is 0 Å². The Morgan fingerprint density at radius 2 is 1.88 bits per heavy atom. The molecule has 1 fully saturated rings. The lowest BCUT2D eigenvalue weighted by Crippen LogP contribution is -2.49. The summed E-state index contributed by atoms with van der Waals surface area (Å²) in [6.07, 6.45) is 1.37. The molecule has 2 N–H and O–H groups in total. The molecule has 2 aromatic rings. The maximum Gasteiger partial charge on any atom is 0.322 e. The summed E-state index contributed by atoms with van der Waals surface area (Å²) < 4.78 is 27.9. The first-order valence-corrected chi connectivity index (χ1v) is 7.15. The predicted octanol–water partition coefficient (Wildman–Crippen LogP) is 1.51. The van der Waals surface area contributed by atoms with Crippen molar-refractivity contribution in [3.8, 4) is 0 Å². The Balaban J connectivity index is 2.15. The van der Waals surface area contributed by atoms with Gasteiger partial charge in [-0.1, -0.05) is 17.7 Å². The zero-order chi connectivity index (χ0) is 17.5. The maximum atomic E-state index is 13.6. The second kappa shape index (κ2) is 5.72. The van der Waals surface area contributed by atoms with Gasteiger partial charge < -0.3 is 9.88 Å². The Kier molecular flexibility index (Phi) is 3.84. The number of imide groups is 1. The lowest BCUT2D eigenvalue weighted by Gasteiger charge is -2.27. The fraction of sp³-hybridized carbons (Fsp3) is 0.133. The Bertz CT molecular complexity index is 915. The molecule has 0 aliphatic carbocycles. The van der Waals surface area contributed by atoms with Gasteiger partial charge in [-0.25, -0.2) is 13.6 Å². The molecule has 0 radical (unpaired) electrons. The van der Waals surface area contributed by atoms with Crippen LogP contribution in [0.3, 0.4) is 0 Å². The number of rotatable bonds is 3. The van der Waals surface area contributed by atoms with E-state index in [4.69, 9.17) is 11.6 Å². The Hall–Kier alpha value is -2.74. The Morgan fingerprint density at radius 1 is 1.12 bits per heavy atom. The number of amides is 3.